The first-order valence-electron chi connectivity index (χ1n) is 10.4. The topological polar surface area (TPSA) is 74.8 Å². The molecule has 176 valence electrons. The zero-order valence-electron chi connectivity index (χ0n) is 17.8. The van der Waals surface area contributed by atoms with Gasteiger partial charge in [-0.1, -0.05) is 65.5 Å². The number of imide groups is 1. The van der Waals surface area contributed by atoms with Gasteiger partial charge in [0.15, 0.2) is 5.78 Å². The van der Waals surface area contributed by atoms with Gasteiger partial charge in [0, 0.05) is 15.6 Å². The second-order valence-corrected chi connectivity index (χ2v) is 9.87. The van der Waals surface area contributed by atoms with E-state index < -0.39 is 41.9 Å². The molecule has 0 saturated carbocycles. The summed E-state index contributed by atoms with van der Waals surface area (Å²) in [5.74, 6) is -3.89. The van der Waals surface area contributed by atoms with Gasteiger partial charge < -0.3 is 0 Å². The van der Waals surface area contributed by atoms with Crippen molar-refractivity contribution in [3.8, 4) is 0 Å². The number of benzene rings is 2. The minimum atomic E-state index is -0.791. The van der Waals surface area contributed by atoms with Crippen LogP contribution in [0.25, 0.3) is 0 Å². The summed E-state index contributed by atoms with van der Waals surface area (Å²) in [6.07, 6.45) is 4.09. The predicted octanol–water partition coefficient (Wildman–Crippen LogP) is 5.74. The Morgan fingerprint density at radius 3 is 2.09 bits per heavy atom. The smallest absolute Gasteiger partial charge is 0.274 e. The lowest BCUT2D eigenvalue weighted by atomic mass is 9.78. The van der Waals surface area contributed by atoms with Crippen molar-refractivity contribution in [1.29, 1.82) is 0 Å². The van der Waals surface area contributed by atoms with E-state index in [2.05, 4.69) is 0 Å². The maximum Gasteiger partial charge on any atom is 0.274 e. The van der Waals surface area contributed by atoms with E-state index in [9.17, 15) is 19.2 Å². The number of Topliss-reactive ketones (excluding diaryl/α,β-unsaturated/α-hetero) is 1. The highest BCUT2D eigenvalue weighted by molar-refractivity contribution is 6.37. The van der Waals surface area contributed by atoms with Gasteiger partial charge in [-0.05, 0) is 48.7 Å². The van der Waals surface area contributed by atoms with E-state index in [1.165, 1.54) is 36.4 Å². The number of rotatable bonds is 5. The second kappa shape index (κ2) is 9.70. The average Bonchev–Trinajstić information content (AvgIpc) is 3.02. The molecule has 0 spiro atoms. The highest BCUT2D eigenvalue weighted by Gasteiger charge is 2.53. The molecule has 1 saturated heterocycles. The predicted molar refractivity (Wildman–Crippen MR) is 130 cm³/mol. The first-order valence-corrected chi connectivity index (χ1v) is 11.9. The van der Waals surface area contributed by atoms with E-state index in [0.717, 1.165) is 10.0 Å². The van der Waals surface area contributed by atoms with Gasteiger partial charge in [-0.15, -0.1) is 0 Å². The monoisotopic (exact) mass is 538 g/mol. The molecule has 0 radical (unpaired) electrons. The van der Waals surface area contributed by atoms with E-state index >= 15 is 0 Å². The van der Waals surface area contributed by atoms with Gasteiger partial charge in [-0.3, -0.25) is 19.2 Å². The molecule has 0 aromatic heterocycles. The largest absolute Gasteiger partial charge is 0.292 e. The number of nitrogens with zero attached hydrogens (tertiary/aromatic N) is 2. The van der Waals surface area contributed by atoms with E-state index in [1.807, 2.05) is 19.1 Å². The zero-order chi connectivity index (χ0) is 24.7. The van der Waals surface area contributed by atoms with E-state index in [-0.39, 0.29) is 27.1 Å². The number of hydrogen-bond donors (Lipinski definition) is 0. The lowest BCUT2D eigenvalue weighted by Gasteiger charge is -2.30. The van der Waals surface area contributed by atoms with Gasteiger partial charge in [0.25, 0.3) is 17.7 Å². The quantitative estimate of drug-likeness (QED) is 0.276. The van der Waals surface area contributed by atoms with Crippen molar-refractivity contribution in [3.63, 3.8) is 0 Å². The Morgan fingerprint density at radius 2 is 1.53 bits per heavy atom. The van der Waals surface area contributed by atoms with Crippen molar-refractivity contribution in [2.45, 2.75) is 13.3 Å². The standard InChI is InChI=1S/C24H18Cl4N2O4/c1-12-3-2-4-17-21(12)24(34)30(23(17)33)29(22(32)16-8-6-14(26)10-19(16)28)11-20(31)15-7-5-13(25)9-18(15)27/h2-3,5-10,12,17,21H,4,11H2,1H3/t12-,17+,21+/m1/s1. The molecule has 3 amide bonds. The molecule has 1 fully saturated rings. The van der Waals surface area contributed by atoms with Crippen LogP contribution in [-0.4, -0.2) is 40.1 Å². The van der Waals surface area contributed by atoms with Gasteiger partial charge >= 0.3 is 0 Å². The van der Waals surface area contributed by atoms with E-state index in [1.54, 1.807) is 0 Å². The molecule has 0 N–H and O–H groups in total. The minimum Gasteiger partial charge on any atom is -0.292 e. The summed E-state index contributed by atoms with van der Waals surface area (Å²) in [5.41, 5.74) is 0.0836. The summed E-state index contributed by atoms with van der Waals surface area (Å²) < 4.78 is 0. The van der Waals surface area contributed by atoms with Crippen LogP contribution in [0.4, 0.5) is 0 Å². The van der Waals surface area contributed by atoms with Crippen molar-refractivity contribution in [3.05, 3.63) is 79.8 Å². The highest BCUT2D eigenvalue weighted by Crippen LogP contribution is 2.39. The first-order chi connectivity index (χ1) is 16.1. The number of allylic oxidation sites excluding steroid dienone is 2. The fourth-order valence-corrected chi connectivity index (χ4v) is 5.34. The molecule has 0 unspecified atom stereocenters. The third-order valence-corrected chi connectivity index (χ3v) is 7.11. The van der Waals surface area contributed by atoms with Crippen LogP contribution in [0.2, 0.25) is 20.1 Å². The Bertz CT molecular complexity index is 1250. The SMILES string of the molecule is C[C@@H]1C=CC[C@@H]2C(=O)N(N(CC(=O)c3ccc(Cl)cc3Cl)C(=O)c3ccc(Cl)cc3Cl)C(=O)[C@@H]12. The van der Waals surface area contributed by atoms with Crippen LogP contribution in [0.5, 0.6) is 0 Å². The number of carbonyl (C=O) groups is 4. The Balaban J connectivity index is 1.75. The van der Waals surface area contributed by atoms with Crippen LogP contribution in [0, 0.1) is 17.8 Å². The van der Waals surface area contributed by atoms with E-state index in [0.29, 0.717) is 16.5 Å². The molecule has 6 nitrogen and oxygen atoms in total. The first kappa shape index (κ1) is 24.7. The maximum absolute atomic E-state index is 13.6. The van der Waals surface area contributed by atoms with Crippen LogP contribution >= 0.6 is 46.4 Å². The van der Waals surface area contributed by atoms with Gasteiger partial charge in [0.2, 0.25) is 0 Å². The Morgan fingerprint density at radius 1 is 0.941 bits per heavy atom. The van der Waals surface area contributed by atoms with Crippen molar-refractivity contribution in [1.82, 2.24) is 10.0 Å². The number of ketones is 1. The van der Waals surface area contributed by atoms with Crippen molar-refractivity contribution < 1.29 is 19.2 Å². The van der Waals surface area contributed by atoms with Gasteiger partial charge in [-0.2, -0.15) is 5.01 Å². The normalized spacial score (nSPS) is 21.6. The summed E-state index contributed by atoms with van der Waals surface area (Å²) >= 11 is 24.3. The molecule has 10 heteroatoms. The fraction of sp³-hybridized carbons (Fsp3) is 0.250. The molecule has 34 heavy (non-hydrogen) atoms. The molecule has 4 rings (SSSR count). The molecular weight excluding hydrogens is 522 g/mol. The summed E-state index contributed by atoms with van der Waals surface area (Å²) in [6, 6.07) is 8.50. The number of halogens is 4. The van der Waals surface area contributed by atoms with Crippen molar-refractivity contribution >= 4 is 69.9 Å². The Labute approximate surface area is 216 Å². The summed E-state index contributed by atoms with van der Waals surface area (Å²) in [7, 11) is 0. The second-order valence-electron chi connectivity index (χ2n) is 8.18. The number of carbonyl (C=O) groups excluding carboxylic acids is 4. The Kier molecular flexibility index (Phi) is 7.06. The van der Waals surface area contributed by atoms with Crippen molar-refractivity contribution in [2.24, 2.45) is 17.8 Å². The zero-order valence-corrected chi connectivity index (χ0v) is 20.8. The van der Waals surface area contributed by atoms with E-state index in [4.69, 9.17) is 46.4 Å². The van der Waals surface area contributed by atoms with Crippen LogP contribution in [0.3, 0.4) is 0 Å². The number of hydrogen-bond acceptors (Lipinski definition) is 4. The molecule has 0 bridgehead atoms. The van der Waals surface area contributed by atoms with Crippen LogP contribution < -0.4 is 0 Å². The Hall–Kier alpha value is -2.38. The molecule has 3 atom stereocenters. The summed E-state index contributed by atoms with van der Waals surface area (Å²) in [6.45, 7) is 1.22. The van der Waals surface area contributed by atoms with Crippen LogP contribution in [0.1, 0.15) is 34.1 Å². The lowest BCUT2D eigenvalue weighted by molar-refractivity contribution is -0.154. The van der Waals surface area contributed by atoms with Crippen LogP contribution in [0.15, 0.2) is 48.6 Å². The fourth-order valence-electron chi connectivity index (χ4n) is 4.34. The molecule has 2 aliphatic rings. The number of hydrazine groups is 1. The molecule has 2 aromatic rings. The number of amides is 3. The third-order valence-electron chi connectivity index (χ3n) is 6.01. The lowest BCUT2D eigenvalue weighted by Crippen LogP contribution is -2.52. The molecule has 1 aliphatic carbocycles. The summed E-state index contributed by atoms with van der Waals surface area (Å²) in [4.78, 5) is 53.4. The molecule has 1 heterocycles. The van der Waals surface area contributed by atoms with Gasteiger partial charge in [0.05, 0.1) is 27.4 Å². The van der Waals surface area contributed by atoms with Crippen molar-refractivity contribution in [2.75, 3.05) is 6.54 Å². The third kappa shape index (κ3) is 4.48. The summed E-state index contributed by atoms with van der Waals surface area (Å²) in [5, 5.41) is 2.37. The van der Waals surface area contributed by atoms with Gasteiger partial charge in [-0.25, -0.2) is 5.01 Å². The molecule has 1 aliphatic heterocycles. The number of fused-ring (bicyclic) bond motifs is 1. The highest BCUT2D eigenvalue weighted by atomic mass is 35.5. The molecular formula is C24H18Cl4N2O4. The average molecular weight is 540 g/mol. The van der Waals surface area contributed by atoms with Crippen LogP contribution in [-0.2, 0) is 9.59 Å². The van der Waals surface area contributed by atoms with Gasteiger partial charge in [0.1, 0.15) is 6.54 Å². The maximum atomic E-state index is 13.6. The molecule has 2 aromatic carbocycles. The minimum absolute atomic E-state index is 0.0114.